The summed E-state index contributed by atoms with van der Waals surface area (Å²) in [6, 6.07) is 4.04. The first-order valence-electron chi connectivity index (χ1n) is 5.69. The quantitative estimate of drug-likeness (QED) is 0.606. The molecule has 0 fully saturated rings. The molecule has 0 aliphatic carbocycles. The van der Waals surface area contributed by atoms with Gasteiger partial charge in [-0.25, -0.2) is 0 Å². The Hall–Kier alpha value is -0.720. The van der Waals surface area contributed by atoms with Gasteiger partial charge in [-0.1, -0.05) is 26.9 Å². The van der Waals surface area contributed by atoms with Gasteiger partial charge in [-0.2, -0.15) is 0 Å². The first-order valence-corrected chi connectivity index (χ1v) is 6.35. The van der Waals surface area contributed by atoms with Crippen molar-refractivity contribution in [2.24, 2.45) is 0 Å². The van der Waals surface area contributed by atoms with Gasteiger partial charge in [0.2, 0.25) is 0 Å². The number of benzene rings is 1. The zero-order valence-corrected chi connectivity index (χ0v) is 12.1. The highest BCUT2D eigenvalue weighted by Gasteiger charge is 2.20. The Bertz CT molecular complexity index is 401. The van der Waals surface area contributed by atoms with Crippen LogP contribution in [0.25, 0.3) is 0 Å². The zero-order chi connectivity index (χ0) is 13.2. The normalized spacial score (nSPS) is 12.9. The minimum Gasteiger partial charge on any atom is -0.363 e. The van der Waals surface area contributed by atoms with Crippen molar-refractivity contribution in [1.82, 2.24) is 0 Å². The summed E-state index contributed by atoms with van der Waals surface area (Å²) in [5.74, 6) is -0.525. The van der Waals surface area contributed by atoms with Gasteiger partial charge in [-0.3, -0.25) is 4.79 Å². The Labute approximate surface area is 106 Å². The van der Waals surface area contributed by atoms with Crippen LogP contribution in [0, 0.1) is 27.7 Å². The molecule has 1 rings (SSSR count). The van der Waals surface area contributed by atoms with E-state index in [1.54, 1.807) is 0 Å². The van der Waals surface area contributed by atoms with Crippen LogP contribution in [-0.4, -0.2) is 17.7 Å². The molecule has 0 aliphatic heterocycles. The highest BCUT2D eigenvalue weighted by molar-refractivity contribution is 7.19. The van der Waals surface area contributed by atoms with Crippen LogP contribution in [-0.2, 0) is 4.74 Å². The van der Waals surface area contributed by atoms with Gasteiger partial charge in [-0.15, -0.1) is 0 Å². The number of hydrogen-bond acceptors (Lipinski definition) is 2. The van der Waals surface area contributed by atoms with E-state index in [1.165, 1.54) is 5.56 Å². The van der Waals surface area contributed by atoms with Crippen molar-refractivity contribution in [2.45, 2.75) is 39.6 Å². The summed E-state index contributed by atoms with van der Waals surface area (Å²) in [6.45, 7) is 11.5. The molecule has 2 unspecified atom stereocenters. The topological polar surface area (TPSA) is 26.3 Å². The van der Waals surface area contributed by atoms with Crippen LogP contribution >= 0.6 is 9.24 Å². The predicted octanol–water partition coefficient (Wildman–Crippen LogP) is 3.23. The number of aryl methyl sites for hydroxylation is 3. The van der Waals surface area contributed by atoms with Gasteiger partial charge in [0.1, 0.15) is 5.85 Å². The van der Waals surface area contributed by atoms with Crippen molar-refractivity contribution in [3.8, 4) is 0 Å². The lowest BCUT2D eigenvalue weighted by molar-refractivity contribution is 0.0537. The predicted molar refractivity (Wildman–Crippen MR) is 74.4 cm³/mol. The van der Waals surface area contributed by atoms with Crippen molar-refractivity contribution >= 4 is 15.0 Å². The lowest BCUT2D eigenvalue weighted by Crippen LogP contribution is -2.23. The third-order valence-corrected chi connectivity index (χ3v) is 3.02. The zero-order valence-electron chi connectivity index (χ0n) is 10.9. The summed E-state index contributed by atoms with van der Waals surface area (Å²) >= 11 is 0. The molecule has 0 heterocycles. The van der Waals surface area contributed by atoms with E-state index in [1.807, 2.05) is 39.8 Å². The fraction of sp³-hybridized carbons (Fsp3) is 0.429. The number of carbonyl (C=O) groups is 1. The van der Waals surface area contributed by atoms with Crippen molar-refractivity contribution in [3.05, 3.63) is 41.3 Å². The van der Waals surface area contributed by atoms with Gasteiger partial charge in [-0.05, 0) is 45.7 Å². The molecule has 3 atom stereocenters. The van der Waals surface area contributed by atoms with E-state index in [-0.39, 0.29) is 11.9 Å². The maximum Gasteiger partial charge on any atom is 0.195 e. The summed E-state index contributed by atoms with van der Waals surface area (Å²) in [6.07, 6.45) is -0.201. The minimum atomic E-state index is -0.525. The molecular formula is C14H20O2P. The molecule has 1 aromatic rings. The van der Waals surface area contributed by atoms with Crippen LogP contribution in [0.15, 0.2) is 12.1 Å². The fourth-order valence-corrected chi connectivity index (χ4v) is 2.46. The highest BCUT2D eigenvalue weighted by atomic mass is 31.0. The number of carbonyl (C=O) groups excluding carboxylic acids is 1. The molecule has 1 aromatic carbocycles. The summed E-state index contributed by atoms with van der Waals surface area (Å²) < 4.78 is 5.41. The lowest BCUT2D eigenvalue weighted by atomic mass is 9.97. The monoisotopic (exact) mass is 251 g/mol. The lowest BCUT2D eigenvalue weighted by Gasteiger charge is -2.17. The number of rotatable bonds is 4. The standard InChI is InChI=1S/C14H20O2P/c1-8(2)16-14(17)13(15)12-10(4)6-9(3)7-11(12)5/h6-8,14H,1,17H2,2-5H3/t8-,14?/m1/s1. The highest BCUT2D eigenvalue weighted by Crippen LogP contribution is 2.21. The van der Waals surface area contributed by atoms with E-state index < -0.39 is 5.85 Å². The maximum absolute atomic E-state index is 12.3. The van der Waals surface area contributed by atoms with Crippen LogP contribution in [0.5, 0.6) is 0 Å². The van der Waals surface area contributed by atoms with Gasteiger partial charge in [0, 0.05) is 5.56 Å². The SMILES string of the molecule is [CH2][C@H](C)OC(P)C(=O)c1c(C)cc(C)cc1C. The van der Waals surface area contributed by atoms with E-state index in [9.17, 15) is 4.79 Å². The van der Waals surface area contributed by atoms with Gasteiger partial charge in [0.05, 0.1) is 6.10 Å². The second-order valence-electron chi connectivity index (χ2n) is 4.51. The summed E-state index contributed by atoms with van der Waals surface area (Å²) in [5, 5.41) is 0. The number of ketones is 1. The van der Waals surface area contributed by atoms with E-state index in [0.717, 1.165) is 16.7 Å². The summed E-state index contributed by atoms with van der Waals surface area (Å²) in [5.41, 5.74) is 3.93. The van der Waals surface area contributed by atoms with Crippen molar-refractivity contribution in [3.63, 3.8) is 0 Å². The second-order valence-corrected chi connectivity index (χ2v) is 5.11. The van der Waals surface area contributed by atoms with Crippen LogP contribution in [0.4, 0.5) is 0 Å². The largest absolute Gasteiger partial charge is 0.363 e. The molecule has 1 radical (unpaired) electrons. The molecule has 0 saturated heterocycles. The smallest absolute Gasteiger partial charge is 0.195 e. The van der Waals surface area contributed by atoms with Gasteiger partial charge in [0.25, 0.3) is 0 Å². The van der Waals surface area contributed by atoms with Crippen molar-refractivity contribution < 1.29 is 9.53 Å². The Balaban J connectivity index is 3.04. The Morgan fingerprint density at radius 1 is 1.29 bits per heavy atom. The van der Waals surface area contributed by atoms with Gasteiger partial charge < -0.3 is 4.74 Å². The second kappa shape index (κ2) is 5.75. The average molecular weight is 251 g/mol. The molecule has 0 saturated carbocycles. The van der Waals surface area contributed by atoms with Crippen LogP contribution in [0.1, 0.15) is 34.0 Å². The molecule has 0 amide bonds. The van der Waals surface area contributed by atoms with E-state index >= 15 is 0 Å². The number of hydrogen-bond donors (Lipinski definition) is 0. The Morgan fingerprint density at radius 2 is 1.76 bits per heavy atom. The van der Waals surface area contributed by atoms with E-state index in [0.29, 0.717) is 0 Å². The summed E-state index contributed by atoms with van der Waals surface area (Å²) in [4.78, 5) is 12.3. The maximum atomic E-state index is 12.3. The minimum absolute atomic E-state index is 0.000463. The molecule has 0 spiro atoms. The number of ether oxygens (including phenoxy) is 1. The fourth-order valence-electron chi connectivity index (χ4n) is 2.02. The molecule has 3 heteroatoms. The average Bonchev–Trinajstić information content (AvgIpc) is 2.14. The molecule has 0 aromatic heterocycles. The third kappa shape index (κ3) is 3.62. The van der Waals surface area contributed by atoms with Crippen LogP contribution in [0.3, 0.4) is 0 Å². The molecule has 0 N–H and O–H groups in total. The molecule has 0 bridgehead atoms. The summed E-state index contributed by atoms with van der Waals surface area (Å²) in [7, 11) is 2.44. The third-order valence-electron chi connectivity index (χ3n) is 2.56. The first-order chi connectivity index (χ1) is 7.82. The van der Waals surface area contributed by atoms with Crippen molar-refractivity contribution in [2.75, 3.05) is 0 Å². The molecule has 0 aliphatic rings. The van der Waals surface area contributed by atoms with E-state index in [2.05, 4.69) is 16.2 Å². The molecular weight excluding hydrogens is 231 g/mol. The van der Waals surface area contributed by atoms with Crippen LogP contribution < -0.4 is 0 Å². The van der Waals surface area contributed by atoms with Crippen molar-refractivity contribution in [1.29, 1.82) is 0 Å². The first kappa shape index (κ1) is 14.3. The Kier molecular flexibility index (Phi) is 4.85. The molecule has 17 heavy (non-hydrogen) atoms. The van der Waals surface area contributed by atoms with Gasteiger partial charge in [0.15, 0.2) is 5.78 Å². The molecule has 93 valence electrons. The molecule has 2 nitrogen and oxygen atoms in total. The van der Waals surface area contributed by atoms with Gasteiger partial charge >= 0.3 is 0 Å². The number of Topliss-reactive ketones (excluding diaryl/α,β-unsaturated/α-hetero) is 1. The van der Waals surface area contributed by atoms with Crippen LogP contribution in [0.2, 0.25) is 0 Å². The Morgan fingerprint density at radius 3 is 2.18 bits per heavy atom. The van der Waals surface area contributed by atoms with E-state index in [4.69, 9.17) is 4.74 Å².